The maximum absolute atomic E-state index is 11.7. The fraction of sp³-hybridized carbons (Fsp3) is 0.500. The third-order valence-corrected chi connectivity index (χ3v) is 3.61. The number of aryl methyl sites for hydroxylation is 1. The number of benzene rings is 1. The van der Waals surface area contributed by atoms with E-state index in [4.69, 9.17) is 10.5 Å². The Hall–Kier alpha value is -1.88. The first-order valence-electron chi connectivity index (χ1n) is 7.40. The summed E-state index contributed by atoms with van der Waals surface area (Å²) in [5.41, 5.74) is 7.25. The molecule has 1 aromatic carbocycles. The summed E-state index contributed by atoms with van der Waals surface area (Å²) in [5.74, 6) is -0.321. The first-order chi connectivity index (χ1) is 10.0. The van der Waals surface area contributed by atoms with Crippen LogP contribution < -0.4 is 5.73 Å². The van der Waals surface area contributed by atoms with Crippen LogP contribution in [0.25, 0.3) is 11.0 Å². The maximum atomic E-state index is 11.7. The van der Waals surface area contributed by atoms with Crippen molar-refractivity contribution in [1.29, 1.82) is 0 Å². The van der Waals surface area contributed by atoms with Gasteiger partial charge in [-0.05, 0) is 45.2 Å². The van der Waals surface area contributed by atoms with Crippen LogP contribution in [0, 0.1) is 0 Å². The molecular formula is C16H23N3O2. The van der Waals surface area contributed by atoms with Gasteiger partial charge in [-0.15, -0.1) is 0 Å². The molecule has 0 aliphatic heterocycles. The van der Waals surface area contributed by atoms with E-state index in [2.05, 4.69) is 15.6 Å². The van der Waals surface area contributed by atoms with Crippen LogP contribution in [-0.2, 0) is 16.1 Å². The Morgan fingerprint density at radius 1 is 1.38 bits per heavy atom. The molecule has 2 rings (SSSR count). The molecule has 0 saturated carbocycles. The molecule has 0 spiro atoms. The van der Waals surface area contributed by atoms with E-state index in [0.717, 1.165) is 30.4 Å². The fourth-order valence-corrected chi connectivity index (χ4v) is 2.36. The molecule has 2 aromatic rings. The number of aromatic nitrogens is 2. The molecule has 0 amide bonds. The van der Waals surface area contributed by atoms with Crippen LogP contribution in [0.1, 0.15) is 33.1 Å². The number of hydrogen-bond acceptors (Lipinski definition) is 4. The lowest BCUT2D eigenvalue weighted by Gasteiger charge is -2.22. The summed E-state index contributed by atoms with van der Waals surface area (Å²) in [4.78, 5) is 16.1. The van der Waals surface area contributed by atoms with Gasteiger partial charge in [0.1, 0.15) is 5.54 Å². The van der Waals surface area contributed by atoms with Crippen LogP contribution in [0.15, 0.2) is 30.6 Å². The number of nitrogens with zero attached hydrogens (tertiary/aromatic N) is 2. The van der Waals surface area contributed by atoms with Gasteiger partial charge >= 0.3 is 5.97 Å². The van der Waals surface area contributed by atoms with Gasteiger partial charge < -0.3 is 15.0 Å². The zero-order valence-corrected chi connectivity index (χ0v) is 12.7. The molecule has 5 heteroatoms. The summed E-state index contributed by atoms with van der Waals surface area (Å²) >= 11 is 0. The summed E-state index contributed by atoms with van der Waals surface area (Å²) in [6, 6.07) is 8.06. The predicted octanol–water partition coefficient (Wildman–Crippen LogP) is 2.49. The largest absolute Gasteiger partial charge is 0.465 e. The Kier molecular flexibility index (Phi) is 4.96. The van der Waals surface area contributed by atoms with Crippen molar-refractivity contribution < 1.29 is 9.53 Å². The van der Waals surface area contributed by atoms with Crippen molar-refractivity contribution in [1.82, 2.24) is 9.55 Å². The van der Waals surface area contributed by atoms with Crippen molar-refractivity contribution in [3.05, 3.63) is 30.6 Å². The minimum absolute atomic E-state index is 0.321. The molecule has 0 saturated heterocycles. The molecule has 2 N–H and O–H groups in total. The minimum atomic E-state index is -0.896. The molecule has 0 aliphatic rings. The third kappa shape index (κ3) is 3.82. The van der Waals surface area contributed by atoms with E-state index in [-0.39, 0.29) is 5.97 Å². The van der Waals surface area contributed by atoms with E-state index >= 15 is 0 Å². The lowest BCUT2D eigenvalue weighted by molar-refractivity contribution is -0.149. The highest BCUT2D eigenvalue weighted by molar-refractivity contribution is 5.79. The van der Waals surface area contributed by atoms with Gasteiger partial charge in [-0.3, -0.25) is 4.79 Å². The smallest absolute Gasteiger partial charge is 0.325 e. The van der Waals surface area contributed by atoms with E-state index in [9.17, 15) is 4.79 Å². The van der Waals surface area contributed by atoms with Crippen LogP contribution >= 0.6 is 0 Å². The van der Waals surface area contributed by atoms with E-state index in [1.165, 1.54) is 0 Å². The summed E-state index contributed by atoms with van der Waals surface area (Å²) in [6.07, 6.45) is 4.31. The summed E-state index contributed by atoms with van der Waals surface area (Å²) in [7, 11) is 0. The topological polar surface area (TPSA) is 70.1 Å². The SMILES string of the molecule is CCOC(=O)C(C)(N)CCCCn1cnc2ccccc21. The van der Waals surface area contributed by atoms with Crippen LogP contribution in [0.2, 0.25) is 0 Å². The number of para-hydroxylation sites is 2. The highest BCUT2D eigenvalue weighted by Crippen LogP contribution is 2.16. The number of hydrogen-bond donors (Lipinski definition) is 1. The number of fused-ring (bicyclic) bond motifs is 1. The molecule has 0 bridgehead atoms. The Morgan fingerprint density at radius 2 is 2.14 bits per heavy atom. The highest BCUT2D eigenvalue weighted by atomic mass is 16.5. The van der Waals surface area contributed by atoms with Gasteiger partial charge in [0.25, 0.3) is 0 Å². The Bertz CT molecular complexity index is 604. The van der Waals surface area contributed by atoms with Gasteiger partial charge in [0.05, 0.1) is 24.0 Å². The monoisotopic (exact) mass is 289 g/mol. The Balaban J connectivity index is 1.83. The number of nitrogens with two attached hydrogens (primary N) is 1. The molecule has 5 nitrogen and oxygen atoms in total. The van der Waals surface area contributed by atoms with Crippen molar-refractivity contribution in [2.75, 3.05) is 6.61 Å². The quantitative estimate of drug-likeness (QED) is 0.628. The van der Waals surface area contributed by atoms with Crippen LogP contribution in [0.4, 0.5) is 0 Å². The molecule has 1 aromatic heterocycles. The first kappa shape index (κ1) is 15.5. The second-order valence-corrected chi connectivity index (χ2v) is 5.52. The highest BCUT2D eigenvalue weighted by Gasteiger charge is 2.28. The standard InChI is InChI=1S/C16H23N3O2/c1-3-21-15(20)16(2,17)10-6-7-11-19-12-18-13-8-4-5-9-14(13)19/h4-5,8-9,12H,3,6-7,10-11,17H2,1-2H3. The molecule has 0 fully saturated rings. The molecular weight excluding hydrogens is 266 g/mol. The zero-order chi connectivity index (χ0) is 15.3. The normalized spacial score (nSPS) is 14.0. The lowest BCUT2D eigenvalue weighted by Crippen LogP contribution is -2.46. The van der Waals surface area contributed by atoms with Gasteiger partial charge in [0.15, 0.2) is 0 Å². The van der Waals surface area contributed by atoms with Crippen molar-refractivity contribution in [2.45, 2.75) is 45.2 Å². The van der Waals surface area contributed by atoms with Gasteiger partial charge in [-0.25, -0.2) is 4.98 Å². The van der Waals surface area contributed by atoms with E-state index in [1.54, 1.807) is 13.8 Å². The van der Waals surface area contributed by atoms with E-state index < -0.39 is 5.54 Å². The number of rotatable bonds is 7. The van der Waals surface area contributed by atoms with Gasteiger partial charge in [0.2, 0.25) is 0 Å². The van der Waals surface area contributed by atoms with Crippen molar-refractivity contribution in [3.8, 4) is 0 Å². The van der Waals surface area contributed by atoms with Crippen molar-refractivity contribution in [2.24, 2.45) is 5.73 Å². The number of ether oxygens (including phenoxy) is 1. The van der Waals surface area contributed by atoms with Crippen molar-refractivity contribution in [3.63, 3.8) is 0 Å². The van der Waals surface area contributed by atoms with E-state index in [1.807, 2.05) is 24.5 Å². The molecule has 21 heavy (non-hydrogen) atoms. The zero-order valence-electron chi connectivity index (χ0n) is 12.7. The number of imidazole rings is 1. The number of carbonyl (C=O) groups is 1. The fourth-order valence-electron chi connectivity index (χ4n) is 2.36. The average Bonchev–Trinajstić information content (AvgIpc) is 2.87. The number of unbranched alkanes of at least 4 members (excludes halogenated alkanes) is 1. The Labute approximate surface area is 125 Å². The molecule has 1 atom stereocenters. The first-order valence-corrected chi connectivity index (χ1v) is 7.40. The molecule has 1 unspecified atom stereocenters. The summed E-state index contributed by atoms with van der Waals surface area (Å²) < 4.78 is 7.12. The van der Waals surface area contributed by atoms with Crippen molar-refractivity contribution >= 4 is 17.0 Å². The van der Waals surface area contributed by atoms with Crippen LogP contribution in [0.5, 0.6) is 0 Å². The Morgan fingerprint density at radius 3 is 2.90 bits per heavy atom. The number of esters is 1. The predicted molar refractivity (Wildman–Crippen MR) is 82.8 cm³/mol. The second kappa shape index (κ2) is 6.72. The average molecular weight is 289 g/mol. The van der Waals surface area contributed by atoms with Gasteiger partial charge in [-0.2, -0.15) is 0 Å². The molecule has 114 valence electrons. The molecule has 1 heterocycles. The minimum Gasteiger partial charge on any atom is -0.465 e. The van der Waals surface area contributed by atoms with Gasteiger partial charge in [-0.1, -0.05) is 12.1 Å². The third-order valence-electron chi connectivity index (χ3n) is 3.61. The lowest BCUT2D eigenvalue weighted by atomic mass is 9.96. The molecule has 0 aliphatic carbocycles. The summed E-state index contributed by atoms with van der Waals surface area (Å²) in [5, 5.41) is 0. The van der Waals surface area contributed by atoms with E-state index in [0.29, 0.717) is 13.0 Å². The summed E-state index contributed by atoms with van der Waals surface area (Å²) in [6.45, 7) is 4.77. The van der Waals surface area contributed by atoms with Gasteiger partial charge in [0, 0.05) is 6.54 Å². The second-order valence-electron chi connectivity index (χ2n) is 5.52. The maximum Gasteiger partial charge on any atom is 0.325 e. The van der Waals surface area contributed by atoms with Crippen LogP contribution in [-0.4, -0.2) is 27.7 Å². The number of carbonyl (C=O) groups excluding carboxylic acids is 1. The van der Waals surface area contributed by atoms with Crippen LogP contribution in [0.3, 0.4) is 0 Å². The molecule has 0 radical (unpaired) electrons.